The third kappa shape index (κ3) is 3.83. The highest BCUT2D eigenvalue weighted by Crippen LogP contribution is 2.18. The minimum absolute atomic E-state index is 0.220. The van der Waals surface area contributed by atoms with Crippen molar-refractivity contribution in [3.63, 3.8) is 0 Å². The zero-order valence-electron chi connectivity index (χ0n) is 10.2. The molecule has 0 saturated carbocycles. The molecule has 0 aliphatic heterocycles. The second-order valence-electron chi connectivity index (χ2n) is 4.19. The van der Waals surface area contributed by atoms with Gasteiger partial charge in [0.05, 0.1) is 7.11 Å². The fourth-order valence-electron chi connectivity index (χ4n) is 1.47. The maximum atomic E-state index is 8.94. The smallest absolute Gasteiger partial charge is 0.119 e. The first-order valence-electron chi connectivity index (χ1n) is 5.65. The second-order valence-corrected chi connectivity index (χ2v) is 4.19. The molecule has 0 saturated heterocycles. The molecule has 0 bridgehead atoms. The van der Waals surface area contributed by atoms with Gasteiger partial charge in [-0.05, 0) is 30.5 Å². The van der Waals surface area contributed by atoms with Gasteiger partial charge in [-0.2, -0.15) is 0 Å². The molecule has 0 spiro atoms. The van der Waals surface area contributed by atoms with Crippen molar-refractivity contribution in [1.29, 1.82) is 0 Å². The summed E-state index contributed by atoms with van der Waals surface area (Å²) in [5, 5.41) is 12.3. The number of rotatable bonds is 6. The highest BCUT2D eigenvalue weighted by atomic mass is 16.5. The van der Waals surface area contributed by atoms with E-state index in [4.69, 9.17) is 9.84 Å². The summed E-state index contributed by atoms with van der Waals surface area (Å²) in [6.07, 6.45) is 0. The zero-order chi connectivity index (χ0) is 12.0. The molecule has 0 aliphatic carbocycles. The van der Waals surface area contributed by atoms with Crippen LogP contribution in [0.3, 0.4) is 0 Å². The van der Waals surface area contributed by atoms with Crippen LogP contribution < -0.4 is 10.1 Å². The minimum atomic E-state index is 0.220. The summed E-state index contributed by atoms with van der Waals surface area (Å²) in [6, 6.07) is 8.29. The molecule has 0 radical (unpaired) electrons. The predicted molar refractivity (Wildman–Crippen MR) is 65.7 cm³/mol. The van der Waals surface area contributed by atoms with Crippen LogP contribution >= 0.6 is 0 Å². The van der Waals surface area contributed by atoms with E-state index in [2.05, 4.69) is 18.3 Å². The van der Waals surface area contributed by atoms with Gasteiger partial charge >= 0.3 is 0 Å². The van der Waals surface area contributed by atoms with Gasteiger partial charge in [0.25, 0.3) is 0 Å². The number of hydrogen-bond acceptors (Lipinski definition) is 3. The molecule has 1 aromatic carbocycles. The first-order valence-corrected chi connectivity index (χ1v) is 5.65. The lowest BCUT2D eigenvalue weighted by atomic mass is 10.1. The SMILES string of the molecule is COc1cccc([C@H](C)NCC(C)CO)c1. The van der Waals surface area contributed by atoms with Gasteiger partial charge in [0.1, 0.15) is 5.75 Å². The number of benzene rings is 1. The lowest BCUT2D eigenvalue weighted by Crippen LogP contribution is -2.26. The summed E-state index contributed by atoms with van der Waals surface area (Å²) < 4.78 is 5.18. The predicted octanol–water partition coefficient (Wildman–Crippen LogP) is 1.97. The average molecular weight is 223 g/mol. The molecule has 3 nitrogen and oxygen atoms in total. The van der Waals surface area contributed by atoms with Crippen molar-refractivity contribution < 1.29 is 9.84 Å². The van der Waals surface area contributed by atoms with Crippen molar-refractivity contribution in [1.82, 2.24) is 5.32 Å². The van der Waals surface area contributed by atoms with Crippen LogP contribution in [0.5, 0.6) is 5.75 Å². The number of aliphatic hydroxyl groups excluding tert-OH is 1. The molecule has 0 amide bonds. The van der Waals surface area contributed by atoms with Crippen molar-refractivity contribution in [2.75, 3.05) is 20.3 Å². The largest absolute Gasteiger partial charge is 0.497 e. The standard InChI is InChI=1S/C13H21NO2/c1-10(9-15)8-14-11(2)12-5-4-6-13(7-12)16-3/h4-7,10-11,14-15H,8-9H2,1-3H3/t10?,11-/m0/s1. The molecular weight excluding hydrogens is 202 g/mol. The van der Waals surface area contributed by atoms with Crippen LogP contribution in [0.25, 0.3) is 0 Å². The number of ether oxygens (including phenoxy) is 1. The summed E-state index contributed by atoms with van der Waals surface area (Å²) in [4.78, 5) is 0. The Morgan fingerprint density at radius 3 is 2.75 bits per heavy atom. The molecule has 0 heterocycles. The summed E-state index contributed by atoms with van der Waals surface area (Å²) in [5.74, 6) is 1.16. The Morgan fingerprint density at radius 2 is 2.12 bits per heavy atom. The molecule has 3 heteroatoms. The van der Waals surface area contributed by atoms with Crippen molar-refractivity contribution in [3.8, 4) is 5.75 Å². The molecule has 1 unspecified atom stereocenters. The first kappa shape index (κ1) is 13.0. The van der Waals surface area contributed by atoms with Crippen molar-refractivity contribution in [2.24, 2.45) is 5.92 Å². The third-order valence-corrected chi connectivity index (χ3v) is 2.68. The number of hydrogen-bond donors (Lipinski definition) is 2. The maximum Gasteiger partial charge on any atom is 0.119 e. The van der Waals surface area contributed by atoms with E-state index in [0.717, 1.165) is 12.3 Å². The van der Waals surface area contributed by atoms with Gasteiger partial charge in [0, 0.05) is 19.2 Å². The molecule has 0 aromatic heterocycles. The lowest BCUT2D eigenvalue weighted by Gasteiger charge is -2.17. The first-order chi connectivity index (χ1) is 7.67. The number of methoxy groups -OCH3 is 1. The van der Waals surface area contributed by atoms with E-state index in [1.165, 1.54) is 5.56 Å². The highest BCUT2D eigenvalue weighted by molar-refractivity contribution is 5.30. The summed E-state index contributed by atoms with van der Waals surface area (Å²) in [7, 11) is 1.67. The normalized spacial score (nSPS) is 14.5. The van der Waals surface area contributed by atoms with Gasteiger partial charge in [-0.3, -0.25) is 0 Å². The van der Waals surface area contributed by atoms with E-state index >= 15 is 0 Å². The third-order valence-electron chi connectivity index (χ3n) is 2.68. The highest BCUT2D eigenvalue weighted by Gasteiger charge is 2.07. The Labute approximate surface area is 97.4 Å². The van der Waals surface area contributed by atoms with Crippen molar-refractivity contribution in [2.45, 2.75) is 19.9 Å². The van der Waals surface area contributed by atoms with Gasteiger partial charge in [-0.25, -0.2) is 0 Å². The number of nitrogens with one attached hydrogen (secondary N) is 1. The van der Waals surface area contributed by atoms with Crippen LogP contribution in [0.4, 0.5) is 0 Å². The van der Waals surface area contributed by atoms with Crippen LogP contribution in [0.1, 0.15) is 25.5 Å². The number of aliphatic hydroxyl groups is 1. The van der Waals surface area contributed by atoms with E-state index in [1.54, 1.807) is 7.11 Å². The Balaban J connectivity index is 2.54. The van der Waals surface area contributed by atoms with Gasteiger partial charge in [-0.1, -0.05) is 19.1 Å². The Kier molecular flexibility index (Phi) is 5.29. The van der Waals surface area contributed by atoms with Crippen LogP contribution in [0.2, 0.25) is 0 Å². The molecule has 90 valence electrons. The minimum Gasteiger partial charge on any atom is -0.497 e. The molecule has 2 atom stereocenters. The zero-order valence-corrected chi connectivity index (χ0v) is 10.2. The van der Waals surface area contributed by atoms with E-state index < -0.39 is 0 Å². The monoisotopic (exact) mass is 223 g/mol. The molecule has 1 rings (SSSR count). The molecular formula is C13H21NO2. The molecule has 0 fully saturated rings. The fraction of sp³-hybridized carbons (Fsp3) is 0.538. The van der Waals surface area contributed by atoms with Crippen LogP contribution in [-0.2, 0) is 0 Å². The summed E-state index contributed by atoms with van der Waals surface area (Å²) in [6.45, 7) is 5.16. The average Bonchev–Trinajstić information content (AvgIpc) is 2.35. The van der Waals surface area contributed by atoms with Gasteiger partial charge in [0.2, 0.25) is 0 Å². The Bertz CT molecular complexity index is 315. The lowest BCUT2D eigenvalue weighted by molar-refractivity contribution is 0.231. The molecule has 0 aliphatic rings. The topological polar surface area (TPSA) is 41.5 Å². The van der Waals surface area contributed by atoms with E-state index in [0.29, 0.717) is 0 Å². The van der Waals surface area contributed by atoms with E-state index in [-0.39, 0.29) is 18.6 Å². The summed E-state index contributed by atoms with van der Waals surface area (Å²) >= 11 is 0. The van der Waals surface area contributed by atoms with E-state index in [1.807, 2.05) is 25.1 Å². The Hall–Kier alpha value is -1.06. The van der Waals surface area contributed by atoms with Gasteiger partial charge in [-0.15, -0.1) is 0 Å². The molecule has 2 N–H and O–H groups in total. The van der Waals surface area contributed by atoms with Gasteiger partial charge < -0.3 is 15.2 Å². The maximum absolute atomic E-state index is 8.94. The molecule has 1 aromatic rings. The van der Waals surface area contributed by atoms with Crippen LogP contribution in [0, 0.1) is 5.92 Å². The van der Waals surface area contributed by atoms with Crippen LogP contribution in [0.15, 0.2) is 24.3 Å². The second kappa shape index (κ2) is 6.51. The van der Waals surface area contributed by atoms with E-state index in [9.17, 15) is 0 Å². The van der Waals surface area contributed by atoms with Crippen molar-refractivity contribution in [3.05, 3.63) is 29.8 Å². The molecule has 16 heavy (non-hydrogen) atoms. The van der Waals surface area contributed by atoms with Crippen LogP contribution in [-0.4, -0.2) is 25.4 Å². The Morgan fingerprint density at radius 1 is 1.38 bits per heavy atom. The van der Waals surface area contributed by atoms with Crippen molar-refractivity contribution >= 4 is 0 Å². The fourth-order valence-corrected chi connectivity index (χ4v) is 1.47. The van der Waals surface area contributed by atoms with Gasteiger partial charge in [0.15, 0.2) is 0 Å². The quantitative estimate of drug-likeness (QED) is 0.774. The summed E-state index contributed by atoms with van der Waals surface area (Å²) in [5.41, 5.74) is 1.20.